The molecule has 3 rings (SSSR count). The first-order valence-electron chi connectivity index (χ1n) is 8.71. The highest BCUT2D eigenvalue weighted by Crippen LogP contribution is 2.38. The fraction of sp³-hybridized carbons (Fsp3) is 0.684. The molecule has 1 aromatic rings. The maximum atomic E-state index is 6.20. The van der Waals surface area contributed by atoms with Gasteiger partial charge in [-0.2, -0.15) is 0 Å². The highest BCUT2D eigenvalue weighted by atomic mass is 16.5. The molecule has 2 aliphatic rings. The fourth-order valence-electron chi connectivity index (χ4n) is 3.77. The molecular formula is C19H30N2O. The number of nitrogens with zero attached hydrogens (tertiary/aromatic N) is 1. The van der Waals surface area contributed by atoms with E-state index in [1.807, 2.05) is 0 Å². The van der Waals surface area contributed by atoms with Gasteiger partial charge in [-0.15, -0.1) is 0 Å². The number of fused-ring (bicyclic) bond motifs is 1. The SMILES string of the molecule is CC(C)NC1CCN(Cc2cccc3c2OC(C)(C)C3)CC1. The van der Waals surface area contributed by atoms with Crippen molar-refractivity contribution in [2.24, 2.45) is 0 Å². The van der Waals surface area contributed by atoms with E-state index in [1.165, 1.54) is 37.1 Å². The van der Waals surface area contributed by atoms with E-state index >= 15 is 0 Å². The smallest absolute Gasteiger partial charge is 0.127 e. The second kappa shape index (κ2) is 6.21. The predicted octanol–water partition coefficient (Wildman–Crippen LogP) is 3.36. The minimum absolute atomic E-state index is 0.0490. The van der Waals surface area contributed by atoms with Gasteiger partial charge in [0.15, 0.2) is 0 Å². The van der Waals surface area contributed by atoms with E-state index in [0.29, 0.717) is 12.1 Å². The van der Waals surface area contributed by atoms with Gasteiger partial charge in [0.25, 0.3) is 0 Å². The third kappa shape index (κ3) is 3.64. The van der Waals surface area contributed by atoms with Gasteiger partial charge in [-0.3, -0.25) is 4.90 Å². The van der Waals surface area contributed by atoms with Gasteiger partial charge >= 0.3 is 0 Å². The van der Waals surface area contributed by atoms with Crippen LogP contribution >= 0.6 is 0 Å². The molecule has 22 heavy (non-hydrogen) atoms. The minimum atomic E-state index is -0.0490. The fourth-order valence-corrected chi connectivity index (χ4v) is 3.77. The molecule has 122 valence electrons. The Balaban J connectivity index is 1.61. The van der Waals surface area contributed by atoms with Gasteiger partial charge in [0.05, 0.1) is 0 Å². The molecule has 0 amide bonds. The first kappa shape index (κ1) is 15.8. The van der Waals surface area contributed by atoms with Crippen molar-refractivity contribution in [3.8, 4) is 5.75 Å². The van der Waals surface area contributed by atoms with E-state index in [0.717, 1.165) is 18.7 Å². The summed E-state index contributed by atoms with van der Waals surface area (Å²) in [5.74, 6) is 1.15. The third-order valence-electron chi connectivity index (χ3n) is 4.72. The van der Waals surface area contributed by atoms with E-state index in [-0.39, 0.29) is 5.60 Å². The summed E-state index contributed by atoms with van der Waals surface area (Å²) in [6, 6.07) is 7.91. The molecular weight excluding hydrogens is 272 g/mol. The normalized spacial score (nSPS) is 21.9. The Morgan fingerprint density at radius 1 is 1.27 bits per heavy atom. The lowest BCUT2D eigenvalue weighted by Crippen LogP contribution is -2.44. The van der Waals surface area contributed by atoms with E-state index in [2.05, 4.69) is 56.1 Å². The summed E-state index contributed by atoms with van der Waals surface area (Å²) in [4.78, 5) is 2.57. The van der Waals surface area contributed by atoms with E-state index in [4.69, 9.17) is 4.74 Å². The number of rotatable bonds is 4. The average molecular weight is 302 g/mol. The van der Waals surface area contributed by atoms with Crippen LogP contribution in [0, 0.1) is 0 Å². The second-order valence-corrected chi connectivity index (χ2v) is 7.82. The van der Waals surface area contributed by atoms with Crippen molar-refractivity contribution in [1.82, 2.24) is 10.2 Å². The number of hydrogen-bond donors (Lipinski definition) is 1. The molecule has 0 saturated carbocycles. The molecule has 1 N–H and O–H groups in total. The Labute approximate surface area is 135 Å². The number of para-hydroxylation sites is 1. The molecule has 1 aromatic carbocycles. The third-order valence-corrected chi connectivity index (χ3v) is 4.72. The van der Waals surface area contributed by atoms with Crippen LogP contribution in [0.2, 0.25) is 0 Å². The van der Waals surface area contributed by atoms with Crippen LogP contribution in [0.1, 0.15) is 51.7 Å². The lowest BCUT2D eigenvalue weighted by molar-refractivity contribution is 0.133. The highest BCUT2D eigenvalue weighted by molar-refractivity contribution is 5.45. The van der Waals surface area contributed by atoms with Crippen molar-refractivity contribution >= 4 is 0 Å². The Morgan fingerprint density at radius 3 is 2.68 bits per heavy atom. The summed E-state index contributed by atoms with van der Waals surface area (Å²) in [5.41, 5.74) is 2.68. The first-order valence-corrected chi connectivity index (χ1v) is 8.71. The van der Waals surface area contributed by atoms with Crippen molar-refractivity contribution in [3.63, 3.8) is 0 Å². The van der Waals surface area contributed by atoms with Crippen LogP contribution in [0.25, 0.3) is 0 Å². The molecule has 3 heteroatoms. The van der Waals surface area contributed by atoms with Crippen molar-refractivity contribution in [2.45, 2.75) is 71.2 Å². The van der Waals surface area contributed by atoms with Gasteiger partial charge in [-0.25, -0.2) is 0 Å². The topological polar surface area (TPSA) is 24.5 Å². The number of nitrogens with one attached hydrogen (secondary N) is 1. The molecule has 0 radical (unpaired) electrons. The summed E-state index contributed by atoms with van der Waals surface area (Å²) in [6.07, 6.45) is 3.52. The Morgan fingerprint density at radius 2 is 2.00 bits per heavy atom. The molecule has 0 unspecified atom stereocenters. The number of benzene rings is 1. The maximum absolute atomic E-state index is 6.20. The number of likely N-dealkylation sites (tertiary alicyclic amines) is 1. The molecule has 0 aromatic heterocycles. The van der Waals surface area contributed by atoms with E-state index < -0.39 is 0 Å². The average Bonchev–Trinajstić information content (AvgIpc) is 2.75. The van der Waals surface area contributed by atoms with Crippen LogP contribution in [-0.4, -0.2) is 35.7 Å². The zero-order valence-electron chi connectivity index (χ0n) is 14.5. The van der Waals surface area contributed by atoms with Crippen LogP contribution in [-0.2, 0) is 13.0 Å². The van der Waals surface area contributed by atoms with Gasteiger partial charge in [0.1, 0.15) is 11.4 Å². The largest absolute Gasteiger partial charge is 0.487 e. The lowest BCUT2D eigenvalue weighted by atomic mass is 9.99. The molecule has 1 fully saturated rings. The van der Waals surface area contributed by atoms with Crippen LogP contribution < -0.4 is 10.1 Å². The van der Waals surface area contributed by atoms with Gasteiger partial charge in [0, 0.05) is 30.6 Å². The summed E-state index contributed by atoms with van der Waals surface area (Å²) >= 11 is 0. The number of ether oxygens (including phenoxy) is 1. The summed E-state index contributed by atoms with van der Waals surface area (Å²) in [5, 5.41) is 3.67. The Bertz CT molecular complexity index is 516. The van der Waals surface area contributed by atoms with Crippen molar-refractivity contribution in [3.05, 3.63) is 29.3 Å². The van der Waals surface area contributed by atoms with Crippen LogP contribution in [0.15, 0.2) is 18.2 Å². The van der Waals surface area contributed by atoms with Crippen molar-refractivity contribution < 1.29 is 4.74 Å². The van der Waals surface area contributed by atoms with Gasteiger partial charge in [-0.05, 0) is 45.3 Å². The maximum Gasteiger partial charge on any atom is 0.127 e. The molecule has 2 heterocycles. The quantitative estimate of drug-likeness (QED) is 0.923. The molecule has 3 nitrogen and oxygen atoms in total. The summed E-state index contributed by atoms with van der Waals surface area (Å²) in [7, 11) is 0. The van der Waals surface area contributed by atoms with Crippen molar-refractivity contribution in [2.75, 3.05) is 13.1 Å². The zero-order valence-corrected chi connectivity index (χ0v) is 14.5. The Kier molecular flexibility index (Phi) is 4.47. The molecule has 0 atom stereocenters. The minimum Gasteiger partial charge on any atom is -0.487 e. The lowest BCUT2D eigenvalue weighted by Gasteiger charge is -2.33. The summed E-state index contributed by atoms with van der Waals surface area (Å²) in [6.45, 7) is 12.2. The molecule has 0 aliphatic carbocycles. The number of piperidine rings is 1. The Hall–Kier alpha value is -1.06. The zero-order chi connectivity index (χ0) is 15.7. The molecule has 0 bridgehead atoms. The van der Waals surface area contributed by atoms with E-state index in [9.17, 15) is 0 Å². The molecule has 0 spiro atoms. The van der Waals surface area contributed by atoms with Crippen LogP contribution in [0.5, 0.6) is 5.75 Å². The van der Waals surface area contributed by atoms with Gasteiger partial charge in [-0.1, -0.05) is 32.0 Å². The van der Waals surface area contributed by atoms with Crippen LogP contribution in [0.4, 0.5) is 0 Å². The first-order chi connectivity index (χ1) is 10.4. The molecule has 2 aliphatic heterocycles. The molecule has 1 saturated heterocycles. The van der Waals surface area contributed by atoms with E-state index in [1.54, 1.807) is 0 Å². The van der Waals surface area contributed by atoms with Crippen molar-refractivity contribution in [1.29, 1.82) is 0 Å². The second-order valence-electron chi connectivity index (χ2n) is 7.82. The predicted molar refractivity (Wildman–Crippen MR) is 91.4 cm³/mol. The van der Waals surface area contributed by atoms with Gasteiger partial charge in [0.2, 0.25) is 0 Å². The number of hydrogen-bond acceptors (Lipinski definition) is 3. The highest BCUT2D eigenvalue weighted by Gasteiger charge is 2.32. The van der Waals surface area contributed by atoms with Gasteiger partial charge < -0.3 is 10.1 Å². The monoisotopic (exact) mass is 302 g/mol. The summed E-state index contributed by atoms with van der Waals surface area (Å²) < 4.78 is 6.20. The van der Waals surface area contributed by atoms with Crippen LogP contribution in [0.3, 0.4) is 0 Å². The standard InChI is InChI=1S/C19H30N2O/c1-14(2)20-17-8-10-21(11-9-17)13-16-7-5-6-15-12-19(3,4)22-18(15)16/h5-7,14,17,20H,8-13H2,1-4H3.